The van der Waals surface area contributed by atoms with Gasteiger partial charge in [0.1, 0.15) is 0 Å². The minimum atomic E-state index is -0.428. The molecule has 0 aliphatic carbocycles. The molecule has 0 aliphatic heterocycles. The van der Waals surface area contributed by atoms with E-state index in [0.717, 1.165) is 11.3 Å². The van der Waals surface area contributed by atoms with Gasteiger partial charge in [-0.15, -0.1) is 11.3 Å². The summed E-state index contributed by atoms with van der Waals surface area (Å²) in [4.78, 5) is 14.9. The molecule has 0 amide bonds. The number of hydrogen-bond donors (Lipinski definition) is 1. The molecule has 0 fully saturated rings. The molecular formula is C17H15N3O4S. The van der Waals surface area contributed by atoms with Crippen LogP contribution in [-0.2, 0) is 0 Å². The van der Waals surface area contributed by atoms with Gasteiger partial charge < -0.3 is 14.8 Å². The van der Waals surface area contributed by atoms with Crippen LogP contribution in [0.15, 0.2) is 47.8 Å². The highest BCUT2D eigenvalue weighted by Gasteiger charge is 2.11. The van der Waals surface area contributed by atoms with Crippen molar-refractivity contribution in [3.63, 3.8) is 0 Å². The maximum absolute atomic E-state index is 10.9. The largest absolute Gasteiger partial charge is 0.493 e. The van der Waals surface area contributed by atoms with E-state index in [4.69, 9.17) is 9.47 Å². The SMILES string of the molecule is COc1ccc(-c2csc(Nc3cccc([N+](=O)[O-])c3)n2)cc1OC. The first kappa shape index (κ1) is 16.7. The zero-order valence-corrected chi connectivity index (χ0v) is 14.4. The first-order valence-electron chi connectivity index (χ1n) is 7.30. The first-order chi connectivity index (χ1) is 12.1. The molecule has 0 atom stereocenters. The molecule has 0 radical (unpaired) electrons. The molecule has 0 saturated heterocycles. The molecule has 1 N–H and O–H groups in total. The number of benzene rings is 2. The number of ether oxygens (including phenoxy) is 2. The van der Waals surface area contributed by atoms with Crippen LogP contribution < -0.4 is 14.8 Å². The van der Waals surface area contributed by atoms with Gasteiger partial charge in [-0.1, -0.05) is 6.07 Å². The number of thiazole rings is 1. The zero-order chi connectivity index (χ0) is 17.8. The van der Waals surface area contributed by atoms with E-state index in [1.165, 1.54) is 23.5 Å². The van der Waals surface area contributed by atoms with Crippen molar-refractivity contribution in [2.75, 3.05) is 19.5 Å². The van der Waals surface area contributed by atoms with Crippen LogP contribution in [0.25, 0.3) is 11.3 Å². The van der Waals surface area contributed by atoms with Gasteiger partial charge in [0.25, 0.3) is 5.69 Å². The Labute approximate surface area is 148 Å². The monoisotopic (exact) mass is 357 g/mol. The number of nitro benzene ring substituents is 1. The number of aromatic nitrogens is 1. The van der Waals surface area contributed by atoms with E-state index >= 15 is 0 Å². The molecule has 2 aromatic carbocycles. The molecule has 1 heterocycles. The fourth-order valence-electron chi connectivity index (χ4n) is 2.28. The van der Waals surface area contributed by atoms with Crippen molar-refractivity contribution in [2.45, 2.75) is 0 Å². The molecule has 0 bridgehead atoms. The summed E-state index contributed by atoms with van der Waals surface area (Å²) in [7, 11) is 3.17. The second-order valence-corrected chi connectivity index (χ2v) is 5.90. The van der Waals surface area contributed by atoms with Crippen molar-refractivity contribution in [1.82, 2.24) is 4.98 Å². The van der Waals surface area contributed by atoms with Gasteiger partial charge in [0, 0.05) is 28.8 Å². The van der Waals surface area contributed by atoms with Gasteiger partial charge in [-0.2, -0.15) is 0 Å². The highest BCUT2D eigenvalue weighted by molar-refractivity contribution is 7.14. The van der Waals surface area contributed by atoms with Crippen molar-refractivity contribution in [3.8, 4) is 22.8 Å². The van der Waals surface area contributed by atoms with E-state index in [1.54, 1.807) is 26.4 Å². The summed E-state index contributed by atoms with van der Waals surface area (Å²) in [6, 6.07) is 11.9. The van der Waals surface area contributed by atoms with Crippen LogP contribution in [0.4, 0.5) is 16.5 Å². The van der Waals surface area contributed by atoms with Crippen LogP contribution in [0.1, 0.15) is 0 Å². The van der Waals surface area contributed by atoms with Crippen molar-refractivity contribution in [2.24, 2.45) is 0 Å². The Morgan fingerprint density at radius 2 is 1.92 bits per heavy atom. The van der Waals surface area contributed by atoms with Crippen LogP contribution >= 0.6 is 11.3 Å². The molecule has 3 aromatic rings. The summed E-state index contributed by atoms with van der Waals surface area (Å²) in [6.07, 6.45) is 0. The van der Waals surface area contributed by atoms with Crippen molar-refractivity contribution in [1.29, 1.82) is 0 Å². The topological polar surface area (TPSA) is 86.5 Å². The maximum atomic E-state index is 10.9. The summed E-state index contributed by atoms with van der Waals surface area (Å²) >= 11 is 1.41. The number of nitrogens with one attached hydrogen (secondary N) is 1. The average molecular weight is 357 g/mol. The lowest BCUT2D eigenvalue weighted by molar-refractivity contribution is -0.384. The van der Waals surface area contributed by atoms with Crippen LogP contribution in [0.5, 0.6) is 11.5 Å². The Hall–Kier alpha value is -3.13. The van der Waals surface area contributed by atoms with Crippen LogP contribution in [0.3, 0.4) is 0 Å². The number of hydrogen-bond acceptors (Lipinski definition) is 7. The second-order valence-electron chi connectivity index (χ2n) is 5.04. The van der Waals surface area contributed by atoms with E-state index in [1.807, 2.05) is 23.6 Å². The fourth-order valence-corrected chi connectivity index (χ4v) is 3.02. The molecule has 0 unspecified atom stereocenters. The predicted octanol–water partition coefficient (Wildman–Crippen LogP) is 4.48. The van der Waals surface area contributed by atoms with Crippen LogP contribution in [0.2, 0.25) is 0 Å². The molecule has 8 heteroatoms. The van der Waals surface area contributed by atoms with Gasteiger partial charge in [0.05, 0.1) is 24.8 Å². The van der Waals surface area contributed by atoms with E-state index in [-0.39, 0.29) is 5.69 Å². The van der Waals surface area contributed by atoms with Crippen molar-refractivity contribution in [3.05, 3.63) is 58.0 Å². The number of rotatable bonds is 6. The summed E-state index contributed by atoms with van der Waals surface area (Å²) in [5, 5.41) is 16.5. The Morgan fingerprint density at radius 1 is 1.12 bits per heavy atom. The van der Waals surface area contributed by atoms with Gasteiger partial charge in [-0.05, 0) is 24.3 Å². The number of nitrogens with zero attached hydrogens (tertiary/aromatic N) is 2. The molecular weight excluding hydrogens is 342 g/mol. The Kier molecular flexibility index (Phi) is 4.80. The van der Waals surface area contributed by atoms with E-state index in [0.29, 0.717) is 22.3 Å². The Bertz CT molecular complexity index is 910. The van der Waals surface area contributed by atoms with Crippen LogP contribution in [-0.4, -0.2) is 24.1 Å². The maximum Gasteiger partial charge on any atom is 0.271 e. The summed E-state index contributed by atoms with van der Waals surface area (Å²) in [6.45, 7) is 0. The highest BCUT2D eigenvalue weighted by Crippen LogP contribution is 2.34. The predicted molar refractivity (Wildman–Crippen MR) is 97.0 cm³/mol. The molecule has 0 aliphatic rings. The third-order valence-electron chi connectivity index (χ3n) is 3.49. The molecule has 7 nitrogen and oxygen atoms in total. The third kappa shape index (κ3) is 3.69. The van der Waals surface area contributed by atoms with E-state index in [9.17, 15) is 10.1 Å². The van der Waals surface area contributed by atoms with E-state index < -0.39 is 4.92 Å². The van der Waals surface area contributed by atoms with Gasteiger partial charge in [-0.25, -0.2) is 4.98 Å². The number of anilines is 2. The normalized spacial score (nSPS) is 10.3. The lowest BCUT2D eigenvalue weighted by Gasteiger charge is -2.08. The van der Waals surface area contributed by atoms with Crippen molar-refractivity contribution >= 4 is 27.8 Å². The number of methoxy groups -OCH3 is 2. The zero-order valence-electron chi connectivity index (χ0n) is 13.6. The fraction of sp³-hybridized carbons (Fsp3) is 0.118. The quantitative estimate of drug-likeness (QED) is 0.517. The lowest BCUT2D eigenvalue weighted by Crippen LogP contribution is -1.93. The summed E-state index contributed by atoms with van der Waals surface area (Å²) in [5.74, 6) is 1.28. The molecule has 128 valence electrons. The highest BCUT2D eigenvalue weighted by atomic mass is 32.1. The third-order valence-corrected chi connectivity index (χ3v) is 4.25. The standard InChI is InChI=1S/C17H15N3O4S/c1-23-15-7-6-11(8-16(15)24-2)14-10-25-17(19-14)18-12-4-3-5-13(9-12)20(21)22/h3-10H,1-2H3,(H,18,19). The Balaban J connectivity index is 1.83. The van der Waals surface area contributed by atoms with Crippen LogP contribution in [0, 0.1) is 10.1 Å². The average Bonchev–Trinajstić information content (AvgIpc) is 3.09. The van der Waals surface area contributed by atoms with Gasteiger partial charge >= 0.3 is 0 Å². The number of non-ortho nitro benzene ring substituents is 1. The number of nitro groups is 1. The van der Waals surface area contributed by atoms with E-state index in [2.05, 4.69) is 10.3 Å². The molecule has 3 rings (SSSR count). The van der Waals surface area contributed by atoms with Gasteiger partial charge in [0.15, 0.2) is 16.6 Å². The molecule has 1 aromatic heterocycles. The molecule has 0 spiro atoms. The second kappa shape index (κ2) is 7.18. The lowest BCUT2D eigenvalue weighted by atomic mass is 10.1. The van der Waals surface area contributed by atoms with Crippen molar-refractivity contribution < 1.29 is 14.4 Å². The minimum absolute atomic E-state index is 0.0293. The molecule has 0 saturated carbocycles. The van der Waals surface area contributed by atoms with Gasteiger partial charge in [-0.3, -0.25) is 10.1 Å². The Morgan fingerprint density at radius 3 is 2.64 bits per heavy atom. The first-order valence-corrected chi connectivity index (χ1v) is 8.18. The summed E-state index contributed by atoms with van der Waals surface area (Å²) < 4.78 is 10.5. The smallest absolute Gasteiger partial charge is 0.271 e. The molecule has 25 heavy (non-hydrogen) atoms. The van der Waals surface area contributed by atoms with Gasteiger partial charge in [0.2, 0.25) is 0 Å². The minimum Gasteiger partial charge on any atom is -0.493 e. The summed E-state index contributed by atoms with van der Waals surface area (Å²) in [5.41, 5.74) is 2.31.